The van der Waals surface area contributed by atoms with Crippen LogP contribution in [0.3, 0.4) is 0 Å². The Kier molecular flexibility index (Phi) is 5.10. The molecule has 1 rings (SSSR count). The Hall–Kier alpha value is -1.42. The summed E-state index contributed by atoms with van der Waals surface area (Å²) in [4.78, 5) is 0. The van der Waals surface area contributed by atoms with Gasteiger partial charge in [-0.05, 0) is 69.4 Å². The molecule has 0 fully saturated rings. The topological polar surface area (TPSA) is 9.23 Å². The van der Waals surface area contributed by atoms with E-state index in [4.69, 9.17) is 4.74 Å². The van der Waals surface area contributed by atoms with Gasteiger partial charge in [0, 0.05) is 6.42 Å². The quantitative estimate of drug-likeness (QED) is 0.711. The third kappa shape index (κ3) is 3.27. The fraction of sp³-hybridized carbons (Fsp3) is 0.500. The molecule has 0 radical (unpaired) electrons. The molecule has 0 amide bonds. The maximum Gasteiger partial charge on any atom is 0.122 e. The van der Waals surface area contributed by atoms with E-state index in [0.29, 0.717) is 0 Å². The van der Waals surface area contributed by atoms with Gasteiger partial charge in [0.25, 0.3) is 0 Å². The Bertz CT molecular complexity index is 447. The van der Waals surface area contributed by atoms with Gasteiger partial charge in [0.15, 0.2) is 0 Å². The lowest BCUT2D eigenvalue weighted by atomic mass is 9.94. The van der Waals surface area contributed by atoms with Gasteiger partial charge in [-0.2, -0.15) is 0 Å². The highest BCUT2D eigenvalue weighted by molar-refractivity contribution is 5.48. The zero-order valence-corrected chi connectivity index (χ0v) is 11.6. The number of rotatable bonds is 4. The molecule has 0 aliphatic heterocycles. The first-order valence-corrected chi connectivity index (χ1v) is 6.23. The van der Waals surface area contributed by atoms with Crippen LogP contribution in [-0.4, -0.2) is 6.61 Å². The lowest BCUT2D eigenvalue weighted by molar-refractivity contribution is 0.337. The molecule has 0 saturated carbocycles. The summed E-state index contributed by atoms with van der Waals surface area (Å²) in [6.07, 6.45) is 1.97. The van der Waals surface area contributed by atoms with Crippen molar-refractivity contribution in [3.8, 4) is 17.6 Å². The molecule has 1 nitrogen and oxygen atoms in total. The fourth-order valence-corrected chi connectivity index (χ4v) is 2.10. The minimum absolute atomic E-state index is 0.723. The van der Waals surface area contributed by atoms with Gasteiger partial charge in [-0.15, -0.1) is 11.8 Å². The van der Waals surface area contributed by atoms with Crippen molar-refractivity contribution < 1.29 is 4.74 Å². The summed E-state index contributed by atoms with van der Waals surface area (Å²) in [6, 6.07) is 2.15. The average Bonchev–Trinajstić information content (AvgIpc) is 2.30. The van der Waals surface area contributed by atoms with Gasteiger partial charge in [-0.3, -0.25) is 0 Å². The van der Waals surface area contributed by atoms with Crippen LogP contribution in [0.4, 0.5) is 0 Å². The molecule has 0 aliphatic rings. The summed E-state index contributed by atoms with van der Waals surface area (Å²) in [5.41, 5.74) is 5.35. The smallest absolute Gasteiger partial charge is 0.122 e. The normalized spacial score (nSPS) is 9.71. The molecule has 1 heteroatoms. The van der Waals surface area contributed by atoms with Gasteiger partial charge in [-0.1, -0.05) is 0 Å². The van der Waals surface area contributed by atoms with Crippen molar-refractivity contribution in [1.82, 2.24) is 0 Å². The highest BCUT2D eigenvalue weighted by atomic mass is 16.5. The third-order valence-electron chi connectivity index (χ3n) is 3.18. The lowest BCUT2D eigenvalue weighted by Crippen LogP contribution is -2.01. The second-order valence-electron chi connectivity index (χ2n) is 4.28. The molecule has 0 bridgehead atoms. The zero-order valence-electron chi connectivity index (χ0n) is 11.6. The van der Waals surface area contributed by atoms with E-state index in [9.17, 15) is 0 Å². The molecular weight excluding hydrogens is 208 g/mol. The van der Waals surface area contributed by atoms with E-state index in [1.807, 2.05) is 13.8 Å². The SMILES string of the molecule is CC#CCCc1c(C)cc(OCC)c(C)c1C. The third-order valence-corrected chi connectivity index (χ3v) is 3.18. The zero-order chi connectivity index (χ0) is 12.8. The molecule has 1 aromatic carbocycles. The molecule has 17 heavy (non-hydrogen) atoms. The number of benzene rings is 1. The Labute approximate surface area is 105 Å². The van der Waals surface area contributed by atoms with Crippen LogP contribution in [0.2, 0.25) is 0 Å². The van der Waals surface area contributed by atoms with E-state index in [1.165, 1.54) is 22.3 Å². The number of hydrogen-bond donors (Lipinski definition) is 0. The molecule has 0 N–H and O–H groups in total. The van der Waals surface area contributed by atoms with Crippen molar-refractivity contribution in [2.24, 2.45) is 0 Å². The van der Waals surface area contributed by atoms with E-state index in [1.54, 1.807) is 0 Å². The average molecular weight is 230 g/mol. The Balaban J connectivity index is 3.05. The molecule has 0 atom stereocenters. The molecule has 0 aliphatic carbocycles. The summed E-state index contributed by atoms with van der Waals surface area (Å²) in [6.45, 7) is 11.1. The summed E-state index contributed by atoms with van der Waals surface area (Å²) in [5, 5.41) is 0. The van der Waals surface area contributed by atoms with Crippen molar-refractivity contribution in [2.45, 2.75) is 47.5 Å². The van der Waals surface area contributed by atoms with Crippen LogP contribution >= 0.6 is 0 Å². The summed E-state index contributed by atoms with van der Waals surface area (Å²) < 4.78 is 5.65. The second-order valence-corrected chi connectivity index (χ2v) is 4.28. The van der Waals surface area contributed by atoms with E-state index in [-0.39, 0.29) is 0 Å². The minimum Gasteiger partial charge on any atom is -0.494 e. The fourth-order valence-electron chi connectivity index (χ4n) is 2.10. The Morgan fingerprint density at radius 1 is 1.18 bits per heavy atom. The van der Waals surface area contributed by atoms with E-state index in [2.05, 4.69) is 38.7 Å². The van der Waals surface area contributed by atoms with Gasteiger partial charge in [0.2, 0.25) is 0 Å². The second kappa shape index (κ2) is 6.35. The highest BCUT2D eigenvalue weighted by Gasteiger charge is 2.10. The lowest BCUT2D eigenvalue weighted by Gasteiger charge is -2.16. The van der Waals surface area contributed by atoms with Crippen LogP contribution in [0.1, 0.15) is 42.5 Å². The first-order valence-electron chi connectivity index (χ1n) is 6.23. The van der Waals surface area contributed by atoms with Crippen LogP contribution < -0.4 is 4.74 Å². The Morgan fingerprint density at radius 3 is 2.47 bits per heavy atom. The van der Waals surface area contributed by atoms with Crippen molar-refractivity contribution in [3.05, 3.63) is 28.3 Å². The molecule has 0 heterocycles. The summed E-state index contributed by atoms with van der Waals surface area (Å²) >= 11 is 0. The number of ether oxygens (including phenoxy) is 1. The Morgan fingerprint density at radius 2 is 1.88 bits per heavy atom. The van der Waals surface area contributed by atoms with Crippen LogP contribution in [-0.2, 0) is 6.42 Å². The first-order chi connectivity index (χ1) is 8.11. The largest absolute Gasteiger partial charge is 0.494 e. The monoisotopic (exact) mass is 230 g/mol. The molecule has 0 aromatic heterocycles. The van der Waals surface area contributed by atoms with Crippen LogP contribution in [0.15, 0.2) is 6.07 Å². The van der Waals surface area contributed by atoms with Gasteiger partial charge in [0.05, 0.1) is 6.61 Å². The molecule has 0 unspecified atom stereocenters. The minimum atomic E-state index is 0.723. The molecule has 1 aromatic rings. The van der Waals surface area contributed by atoms with Crippen LogP contribution in [0, 0.1) is 32.6 Å². The van der Waals surface area contributed by atoms with Crippen LogP contribution in [0.25, 0.3) is 0 Å². The van der Waals surface area contributed by atoms with Crippen molar-refractivity contribution in [1.29, 1.82) is 0 Å². The van der Waals surface area contributed by atoms with Gasteiger partial charge in [0.1, 0.15) is 5.75 Å². The number of aryl methyl sites for hydroxylation is 1. The highest BCUT2D eigenvalue weighted by Crippen LogP contribution is 2.28. The first kappa shape index (κ1) is 13.6. The van der Waals surface area contributed by atoms with Crippen molar-refractivity contribution >= 4 is 0 Å². The van der Waals surface area contributed by atoms with Crippen molar-refractivity contribution in [3.63, 3.8) is 0 Å². The van der Waals surface area contributed by atoms with E-state index >= 15 is 0 Å². The molecule has 0 spiro atoms. The van der Waals surface area contributed by atoms with E-state index in [0.717, 1.165) is 25.2 Å². The van der Waals surface area contributed by atoms with Crippen LogP contribution in [0.5, 0.6) is 5.75 Å². The maximum atomic E-state index is 5.65. The van der Waals surface area contributed by atoms with Gasteiger partial charge < -0.3 is 4.74 Å². The van der Waals surface area contributed by atoms with E-state index < -0.39 is 0 Å². The molecular formula is C16H22O. The molecule has 92 valence electrons. The van der Waals surface area contributed by atoms with Gasteiger partial charge >= 0.3 is 0 Å². The summed E-state index contributed by atoms with van der Waals surface area (Å²) in [7, 11) is 0. The van der Waals surface area contributed by atoms with Gasteiger partial charge in [-0.25, -0.2) is 0 Å². The number of hydrogen-bond acceptors (Lipinski definition) is 1. The summed E-state index contributed by atoms with van der Waals surface area (Å²) in [5.74, 6) is 7.10. The maximum absolute atomic E-state index is 5.65. The standard InChI is InChI=1S/C16H22O/c1-6-8-9-10-15-12(3)11-16(17-7-2)14(5)13(15)4/h11H,7,9-10H2,1-5H3. The predicted molar refractivity (Wildman–Crippen MR) is 73.6 cm³/mol. The van der Waals surface area contributed by atoms with Crippen molar-refractivity contribution in [2.75, 3.05) is 6.61 Å². The predicted octanol–water partition coefficient (Wildman–Crippen LogP) is 3.97. The molecule has 0 saturated heterocycles.